The highest BCUT2D eigenvalue weighted by Crippen LogP contribution is 2.09. The largest absolute Gasteiger partial charge is 0.350 e. The van der Waals surface area contributed by atoms with Crippen molar-refractivity contribution in [2.75, 3.05) is 0 Å². The molecule has 1 N–H and O–H groups in total. The van der Waals surface area contributed by atoms with Gasteiger partial charge in [0.15, 0.2) is 0 Å². The Bertz CT molecular complexity index is 322. The van der Waals surface area contributed by atoms with Crippen molar-refractivity contribution in [3.05, 3.63) is 18.0 Å². The Morgan fingerprint density at radius 2 is 2.21 bits per heavy atom. The van der Waals surface area contributed by atoms with Crippen LogP contribution in [-0.4, -0.2) is 21.7 Å². The lowest BCUT2D eigenvalue weighted by molar-refractivity contribution is 0.0565. The van der Waals surface area contributed by atoms with Crippen LogP contribution in [0.2, 0.25) is 0 Å². The number of alkyl halides is 2. The van der Waals surface area contributed by atoms with Crippen LogP contribution in [0.5, 0.6) is 0 Å². The van der Waals surface area contributed by atoms with E-state index in [1.54, 1.807) is 13.8 Å². The second kappa shape index (κ2) is 4.17. The van der Waals surface area contributed by atoms with Crippen LogP contribution in [0.15, 0.2) is 12.4 Å². The standard InChI is InChI=1S/C8H11F2N3O/c1-5(2)12-7(14)6-3-11-13(4-6)8(9)10/h3-5,8H,1-2H3,(H,12,14). The van der Waals surface area contributed by atoms with Crippen molar-refractivity contribution in [2.45, 2.75) is 26.4 Å². The van der Waals surface area contributed by atoms with E-state index in [4.69, 9.17) is 0 Å². The molecule has 78 valence electrons. The lowest BCUT2D eigenvalue weighted by atomic mass is 10.3. The number of nitrogens with one attached hydrogen (secondary N) is 1. The number of aromatic nitrogens is 2. The molecule has 0 aliphatic carbocycles. The van der Waals surface area contributed by atoms with Crippen molar-refractivity contribution < 1.29 is 13.6 Å². The van der Waals surface area contributed by atoms with Gasteiger partial charge < -0.3 is 5.32 Å². The highest BCUT2D eigenvalue weighted by Gasteiger charge is 2.12. The molecular weight excluding hydrogens is 192 g/mol. The Kier molecular flexibility index (Phi) is 3.16. The average Bonchev–Trinajstić information content (AvgIpc) is 2.50. The fraction of sp³-hybridized carbons (Fsp3) is 0.500. The smallest absolute Gasteiger partial charge is 0.333 e. The first-order chi connectivity index (χ1) is 6.50. The molecule has 0 unspecified atom stereocenters. The van der Waals surface area contributed by atoms with Gasteiger partial charge >= 0.3 is 6.55 Å². The Hall–Kier alpha value is -1.46. The maximum absolute atomic E-state index is 12.1. The zero-order valence-electron chi connectivity index (χ0n) is 7.87. The van der Waals surface area contributed by atoms with Crippen LogP contribution in [0, 0.1) is 0 Å². The van der Waals surface area contributed by atoms with Crippen LogP contribution in [-0.2, 0) is 0 Å². The summed E-state index contributed by atoms with van der Waals surface area (Å²) in [6, 6.07) is -0.0302. The van der Waals surface area contributed by atoms with Gasteiger partial charge in [0.05, 0.1) is 11.8 Å². The first-order valence-corrected chi connectivity index (χ1v) is 4.14. The maximum atomic E-state index is 12.1. The topological polar surface area (TPSA) is 46.9 Å². The first-order valence-electron chi connectivity index (χ1n) is 4.14. The SMILES string of the molecule is CC(C)NC(=O)c1cnn(C(F)F)c1. The lowest BCUT2D eigenvalue weighted by Crippen LogP contribution is -2.29. The van der Waals surface area contributed by atoms with Crippen molar-refractivity contribution in [1.29, 1.82) is 0 Å². The van der Waals surface area contributed by atoms with Gasteiger partial charge in [0.25, 0.3) is 5.91 Å². The van der Waals surface area contributed by atoms with E-state index in [0.717, 1.165) is 12.4 Å². The number of rotatable bonds is 3. The molecular formula is C8H11F2N3O. The highest BCUT2D eigenvalue weighted by atomic mass is 19.3. The monoisotopic (exact) mass is 203 g/mol. The lowest BCUT2D eigenvalue weighted by Gasteiger charge is -2.05. The summed E-state index contributed by atoms with van der Waals surface area (Å²) in [5.41, 5.74) is 0.138. The molecule has 0 bridgehead atoms. The molecule has 0 aromatic carbocycles. The van der Waals surface area contributed by atoms with Crippen molar-refractivity contribution in [3.63, 3.8) is 0 Å². The molecule has 0 atom stereocenters. The summed E-state index contributed by atoms with van der Waals surface area (Å²) < 4.78 is 24.6. The molecule has 1 rings (SSSR count). The first kappa shape index (κ1) is 10.6. The van der Waals surface area contributed by atoms with Crippen LogP contribution < -0.4 is 5.32 Å². The Balaban J connectivity index is 2.71. The summed E-state index contributed by atoms with van der Waals surface area (Å²) in [4.78, 5) is 11.3. The molecule has 4 nitrogen and oxygen atoms in total. The number of nitrogens with zero attached hydrogens (tertiary/aromatic N) is 2. The van der Waals surface area contributed by atoms with Gasteiger partial charge in [0.1, 0.15) is 0 Å². The molecule has 0 saturated heterocycles. The van der Waals surface area contributed by atoms with E-state index in [9.17, 15) is 13.6 Å². The predicted octanol–water partition coefficient (Wildman–Crippen LogP) is 1.42. The minimum Gasteiger partial charge on any atom is -0.350 e. The molecule has 1 heterocycles. The van der Waals surface area contributed by atoms with E-state index >= 15 is 0 Å². The summed E-state index contributed by atoms with van der Waals surface area (Å²) in [5.74, 6) is -0.396. The number of hydrogen-bond donors (Lipinski definition) is 1. The minimum atomic E-state index is -2.71. The fourth-order valence-electron chi connectivity index (χ4n) is 0.908. The molecule has 1 aromatic rings. The van der Waals surface area contributed by atoms with Crippen LogP contribution in [0.25, 0.3) is 0 Å². The van der Waals surface area contributed by atoms with Crippen LogP contribution >= 0.6 is 0 Å². The summed E-state index contributed by atoms with van der Waals surface area (Å²) in [6.07, 6.45) is 2.13. The van der Waals surface area contributed by atoms with Gasteiger partial charge in [-0.15, -0.1) is 0 Å². The van der Waals surface area contributed by atoms with E-state index < -0.39 is 12.5 Å². The molecule has 0 saturated carbocycles. The quantitative estimate of drug-likeness (QED) is 0.807. The van der Waals surface area contributed by atoms with Gasteiger partial charge in [0, 0.05) is 12.2 Å². The number of carbonyl (C=O) groups excluding carboxylic acids is 1. The van der Waals surface area contributed by atoms with Gasteiger partial charge in [-0.2, -0.15) is 13.9 Å². The average molecular weight is 203 g/mol. The van der Waals surface area contributed by atoms with Crippen molar-refractivity contribution in [3.8, 4) is 0 Å². The summed E-state index contributed by atoms with van der Waals surface area (Å²) in [7, 11) is 0. The molecule has 0 aliphatic heterocycles. The van der Waals surface area contributed by atoms with Crippen molar-refractivity contribution >= 4 is 5.91 Å². The third-order valence-electron chi connectivity index (χ3n) is 1.48. The van der Waals surface area contributed by atoms with Crippen LogP contribution in [0.1, 0.15) is 30.8 Å². The van der Waals surface area contributed by atoms with Crippen molar-refractivity contribution in [1.82, 2.24) is 15.1 Å². The van der Waals surface area contributed by atoms with Gasteiger partial charge in [-0.1, -0.05) is 0 Å². The zero-order chi connectivity index (χ0) is 10.7. The summed E-state index contributed by atoms with van der Waals surface area (Å²) in [6.45, 7) is 0.862. The Morgan fingerprint density at radius 3 is 2.64 bits per heavy atom. The van der Waals surface area contributed by atoms with Gasteiger partial charge in [-0.3, -0.25) is 4.79 Å². The zero-order valence-corrected chi connectivity index (χ0v) is 7.87. The second-order valence-electron chi connectivity index (χ2n) is 3.11. The van der Waals surface area contributed by atoms with E-state index in [1.807, 2.05) is 0 Å². The van der Waals surface area contributed by atoms with E-state index in [1.165, 1.54) is 0 Å². The van der Waals surface area contributed by atoms with E-state index in [0.29, 0.717) is 4.68 Å². The molecule has 1 aromatic heterocycles. The Morgan fingerprint density at radius 1 is 1.57 bits per heavy atom. The Labute approximate surface area is 79.9 Å². The molecule has 0 radical (unpaired) electrons. The maximum Gasteiger partial charge on any atom is 0.333 e. The third kappa shape index (κ3) is 2.51. The number of hydrogen-bond acceptors (Lipinski definition) is 2. The molecule has 0 aliphatic rings. The van der Waals surface area contributed by atoms with Gasteiger partial charge in [0.2, 0.25) is 0 Å². The molecule has 0 fully saturated rings. The van der Waals surface area contributed by atoms with E-state index in [2.05, 4.69) is 10.4 Å². The molecule has 6 heteroatoms. The van der Waals surface area contributed by atoms with Crippen LogP contribution in [0.3, 0.4) is 0 Å². The van der Waals surface area contributed by atoms with Crippen molar-refractivity contribution in [2.24, 2.45) is 0 Å². The number of halogens is 2. The van der Waals surface area contributed by atoms with Gasteiger partial charge in [-0.05, 0) is 13.8 Å². The highest BCUT2D eigenvalue weighted by molar-refractivity contribution is 5.93. The van der Waals surface area contributed by atoms with Crippen LogP contribution in [0.4, 0.5) is 8.78 Å². The van der Waals surface area contributed by atoms with E-state index in [-0.39, 0.29) is 11.6 Å². The molecule has 0 spiro atoms. The second-order valence-corrected chi connectivity index (χ2v) is 3.11. The third-order valence-corrected chi connectivity index (χ3v) is 1.48. The van der Waals surface area contributed by atoms with Gasteiger partial charge in [-0.25, -0.2) is 4.68 Å². The number of amides is 1. The normalized spacial score (nSPS) is 11.0. The number of carbonyl (C=O) groups is 1. The fourth-order valence-corrected chi connectivity index (χ4v) is 0.908. The predicted molar refractivity (Wildman–Crippen MR) is 46.1 cm³/mol. The molecule has 14 heavy (non-hydrogen) atoms. The summed E-state index contributed by atoms with van der Waals surface area (Å²) >= 11 is 0. The molecule has 1 amide bonds. The minimum absolute atomic E-state index is 0.0302. The summed E-state index contributed by atoms with van der Waals surface area (Å²) in [5, 5.41) is 5.92.